The lowest BCUT2D eigenvalue weighted by molar-refractivity contribution is 0.0942. The summed E-state index contributed by atoms with van der Waals surface area (Å²) in [6.45, 7) is 6.58. The molecule has 5 heteroatoms. The molecule has 0 saturated carbocycles. The van der Waals surface area contributed by atoms with Gasteiger partial charge in [0.15, 0.2) is 11.0 Å². The van der Waals surface area contributed by atoms with Gasteiger partial charge in [-0.1, -0.05) is 43.3 Å². The van der Waals surface area contributed by atoms with E-state index in [2.05, 4.69) is 17.1 Å². The average Bonchev–Trinajstić information content (AvgIpc) is 3.22. The van der Waals surface area contributed by atoms with Gasteiger partial charge in [-0.2, -0.15) is 0 Å². The predicted molar refractivity (Wildman–Crippen MR) is 115 cm³/mol. The molecule has 1 aliphatic rings. The highest BCUT2D eigenvalue weighted by atomic mass is 16.3. The van der Waals surface area contributed by atoms with Crippen LogP contribution in [-0.4, -0.2) is 36.5 Å². The number of fused-ring (bicyclic) bond motifs is 1. The molecule has 0 bridgehead atoms. The van der Waals surface area contributed by atoms with Crippen LogP contribution in [0.2, 0.25) is 0 Å². The van der Waals surface area contributed by atoms with Crippen LogP contribution in [0, 0.1) is 6.92 Å². The fourth-order valence-electron chi connectivity index (χ4n) is 4.20. The van der Waals surface area contributed by atoms with Crippen LogP contribution in [0.4, 0.5) is 0 Å². The Morgan fingerprint density at radius 3 is 2.72 bits per heavy atom. The monoisotopic (exact) mass is 390 g/mol. The summed E-state index contributed by atoms with van der Waals surface area (Å²) in [5.41, 5.74) is 2.01. The predicted octanol–water partition coefficient (Wildman–Crippen LogP) is 3.98. The average molecular weight is 390 g/mol. The van der Waals surface area contributed by atoms with E-state index < -0.39 is 0 Å². The van der Waals surface area contributed by atoms with Gasteiger partial charge >= 0.3 is 0 Å². The van der Waals surface area contributed by atoms with Gasteiger partial charge < -0.3 is 9.73 Å². The van der Waals surface area contributed by atoms with Gasteiger partial charge in [-0.25, -0.2) is 0 Å². The summed E-state index contributed by atoms with van der Waals surface area (Å²) in [5.74, 6) is 0.306. The van der Waals surface area contributed by atoms with E-state index in [4.69, 9.17) is 4.42 Å². The van der Waals surface area contributed by atoms with E-state index in [1.54, 1.807) is 25.1 Å². The SMILES string of the molecule is CCN1CCC[C@H]1CNC(=O)c1cccc2c(=O)c(C)c(-c3ccccc3)oc12. The highest BCUT2D eigenvalue weighted by molar-refractivity contribution is 6.05. The number of hydrogen-bond acceptors (Lipinski definition) is 4. The van der Waals surface area contributed by atoms with Gasteiger partial charge in [0, 0.05) is 23.7 Å². The molecular weight excluding hydrogens is 364 g/mol. The summed E-state index contributed by atoms with van der Waals surface area (Å²) in [7, 11) is 0. The van der Waals surface area contributed by atoms with Crippen molar-refractivity contribution in [1.29, 1.82) is 0 Å². The van der Waals surface area contributed by atoms with Gasteiger partial charge in [0.2, 0.25) is 0 Å². The van der Waals surface area contributed by atoms with Gasteiger partial charge in [-0.15, -0.1) is 0 Å². The first kappa shape index (κ1) is 19.4. The van der Waals surface area contributed by atoms with Gasteiger partial charge in [0.1, 0.15) is 5.76 Å². The molecule has 2 heterocycles. The summed E-state index contributed by atoms with van der Waals surface area (Å²) in [6, 6.07) is 15.1. The molecule has 1 aromatic heterocycles. The lowest BCUT2D eigenvalue weighted by Gasteiger charge is -2.23. The Bertz CT molecular complexity index is 1090. The third kappa shape index (κ3) is 3.70. The second-order valence-electron chi connectivity index (χ2n) is 7.57. The number of amides is 1. The Balaban J connectivity index is 1.70. The van der Waals surface area contributed by atoms with Gasteiger partial charge in [-0.3, -0.25) is 14.5 Å². The van der Waals surface area contributed by atoms with Crippen molar-refractivity contribution < 1.29 is 9.21 Å². The second kappa shape index (κ2) is 8.21. The van der Waals surface area contributed by atoms with Gasteiger partial charge in [0.25, 0.3) is 5.91 Å². The molecule has 1 saturated heterocycles. The molecule has 0 radical (unpaired) electrons. The molecule has 0 aliphatic carbocycles. The molecule has 1 amide bonds. The fourth-order valence-corrected chi connectivity index (χ4v) is 4.20. The second-order valence-corrected chi connectivity index (χ2v) is 7.57. The fraction of sp³-hybridized carbons (Fsp3) is 0.333. The van der Waals surface area contributed by atoms with Crippen LogP contribution >= 0.6 is 0 Å². The van der Waals surface area contributed by atoms with Crippen molar-refractivity contribution in [3.63, 3.8) is 0 Å². The highest BCUT2D eigenvalue weighted by Gasteiger charge is 2.24. The number of rotatable bonds is 5. The van der Waals surface area contributed by atoms with E-state index in [1.807, 2.05) is 30.3 Å². The Morgan fingerprint density at radius 2 is 1.97 bits per heavy atom. The van der Waals surface area contributed by atoms with E-state index in [0.717, 1.165) is 31.5 Å². The van der Waals surface area contributed by atoms with E-state index >= 15 is 0 Å². The largest absolute Gasteiger partial charge is 0.455 e. The minimum atomic E-state index is -0.204. The van der Waals surface area contributed by atoms with Crippen LogP contribution in [-0.2, 0) is 0 Å². The van der Waals surface area contributed by atoms with Crippen molar-refractivity contribution in [3.8, 4) is 11.3 Å². The van der Waals surface area contributed by atoms with E-state index in [0.29, 0.717) is 40.4 Å². The summed E-state index contributed by atoms with van der Waals surface area (Å²) in [6.07, 6.45) is 2.26. The number of nitrogens with one attached hydrogen (secondary N) is 1. The molecule has 150 valence electrons. The molecule has 1 aliphatic heterocycles. The van der Waals surface area contributed by atoms with Crippen molar-refractivity contribution in [2.45, 2.75) is 32.7 Å². The van der Waals surface area contributed by atoms with Crippen molar-refractivity contribution >= 4 is 16.9 Å². The molecule has 2 aromatic carbocycles. The van der Waals surface area contributed by atoms with Crippen LogP contribution in [0.5, 0.6) is 0 Å². The molecule has 5 nitrogen and oxygen atoms in total. The third-order valence-electron chi connectivity index (χ3n) is 5.83. The molecule has 4 rings (SSSR count). The molecule has 0 unspecified atom stereocenters. The van der Waals surface area contributed by atoms with Crippen LogP contribution in [0.25, 0.3) is 22.3 Å². The number of hydrogen-bond donors (Lipinski definition) is 1. The van der Waals surface area contributed by atoms with Crippen LogP contribution in [0.1, 0.15) is 35.7 Å². The maximum absolute atomic E-state index is 13.0. The zero-order valence-corrected chi connectivity index (χ0v) is 16.9. The van der Waals surface area contributed by atoms with Crippen molar-refractivity contribution in [3.05, 3.63) is 69.9 Å². The zero-order valence-electron chi connectivity index (χ0n) is 16.9. The molecule has 3 aromatic rings. The van der Waals surface area contributed by atoms with Crippen LogP contribution < -0.4 is 10.7 Å². The summed E-state index contributed by atoms with van der Waals surface area (Å²) >= 11 is 0. The standard InChI is InChI=1S/C24H26N2O3/c1-3-26-14-8-11-18(26)15-25-24(28)20-13-7-12-19-21(27)16(2)22(29-23(19)20)17-9-5-4-6-10-17/h4-7,9-10,12-13,18H,3,8,11,14-15H2,1-2H3,(H,25,28)/t18-/m0/s1. The Morgan fingerprint density at radius 1 is 1.17 bits per heavy atom. The Kier molecular flexibility index (Phi) is 5.49. The van der Waals surface area contributed by atoms with E-state index in [-0.39, 0.29) is 11.3 Å². The summed E-state index contributed by atoms with van der Waals surface area (Å²) < 4.78 is 6.15. The van der Waals surface area contributed by atoms with E-state index in [1.165, 1.54) is 0 Å². The normalized spacial score (nSPS) is 17.0. The topological polar surface area (TPSA) is 62.6 Å². The lowest BCUT2D eigenvalue weighted by atomic mass is 10.0. The zero-order chi connectivity index (χ0) is 20.4. The smallest absolute Gasteiger partial charge is 0.255 e. The van der Waals surface area contributed by atoms with Gasteiger partial charge in [0.05, 0.1) is 10.9 Å². The van der Waals surface area contributed by atoms with Crippen molar-refractivity contribution in [1.82, 2.24) is 10.2 Å². The number of carbonyl (C=O) groups excluding carboxylic acids is 1. The number of likely N-dealkylation sites (N-methyl/N-ethyl adjacent to an activating group) is 1. The molecule has 1 atom stereocenters. The number of benzene rings is 2. The van der Waals surface area contributed by atoms with Crippen molar-refractivity contribution in [2.75, 3.05) is 19.6 Å². The van der Waals surface area contributed by atoms with E-state index in [9.17, 15) is 9.59 Å². The molecule has 1 fully saturated rings. The lowest BCUT2D eigenvalue weighted by Crippen LogP contribution is -2.40. The summed E-state index contributed by atoms with van der Waals surface area (Å²) in [4.78, 5) is 28.3. The number of likely N-dealkylation sites (tertiary alicyclic amines) is 1. The Hall–Kier alpha value is -2.92. The van der Waals surface area contributed by atoms with Crippen LogP contribution in [0.15, 0.2) is 57.7 Å². The first-order valence-electron chi connectivity index (χ1n) is 10.2. The summed E-state index contributed by atoms with van der Waals surface area (Å²) in [5, 5.41) is 3.48. The minimum Gasteiger partial charge on any atom is -0.455 e. The first-order valence-corrected chi connectivity index (χ1v) is 10.2. The number of para-hydroxylation sites is 1. The first-order chi connectivity index (χ1) is 14.1. The number of carbonyl (C=O) groups is 1. The maximum atomic E-state index is 13.0. The maximum Gasteiger partial charge on any atom is 0.255 e. The molecular formula is C24H26N2O3. The third-order valence-corrected chi connectivity index (χ3v) is 5.83. The highest BCUT2D eigenvalue weighted by Crippen LogP contribution is 2.27. The van der Waals surface area contributed by atoms with Gasteiger partial charge in [-0.05, 0) is 45.0 Å². The van der Waals surface area contributed by atoms with Crippen molar-refractivity contribution in [2.24, 2.45) is 0 Å². The van der Waals surface area contributed by atoms with Crippen LogP contribution in [0.3, 0.4) is 0 Å². The molecule has 0 spiro atoms. The minimum absolute atomic E-state index is 0.104. The number of nitrogens with zero attached hydrogens (tertiary/aromatic N) is 1. The quantitative estimate of drug-likeness (QED) is 0.716. The molecule has 1 N–H and O–H groups in total. The molecule has 29 heavy (non-hydrogen) atoms. The Labute approximate surface area is 170 Å².